The number of nitrogens with zero attached hydrogens (tertiary/aromatic N) is 1. The van der Waals surface area contributed by atoms with E-state index in [1.807, 2.05) is 6.92 Å². The fourth-order valence-electron chi connectivity index (χ4n) is 2.85. The van der Waals surface area contributed by atoms with Gasteiger partial charge in [0.25, 0.3) is 0 Å². The maximum atomic E-state index is 11.4. The minimum Gasteiger partial charge on any atom is -0.480 e. The summed E-state index contributed by atoms with van der Waals surface area (Å²) in [5, 5.41) is 12.7. The summed E-state index contributed by atoms with van der Waals surface area (Å²) in [4.78, 5) is 13.8. The van der Waals surface area contributed by atoms with E-state index in [0.29, 0.717) is 18.5 Å². The minimum atomic E-state index is -0.756. The van der Waals surface area contributed by atoms with Gasteiger partial charge in [-0.2, -0.15) is 0 Å². The highest BCUT2D eigenvalue weighted by molar-refractivity contribution is 5.78. The van der Waals surface area contributed by atoms with Gasteiger partial charge in [0.2, 0.25) is 0 Å². The molecule has 0 aromatic heterocycles. The first-order chi connectivity index (χ1) is 8.51. The Kier molecular flexibility index (Phi) is 4.28. The predicted octanol–water partition coefficient (Wildman–Crippen LogP) is 1.85. The van der Waals surface area contributed by atoms with Crippen LogP contribution in [0.4, 0.5) is 0 Å². The summed E-state index contributed by atoms with van der Waals surface area (Å²) >= 11 is 0. The molecule has 104 valence electrons. The Bertz CT molecular complexity index is 298. The molecule has 4 heteroatoms. The van der Waals surface area contributed by atoms with Crippen molar-refractivity contribution in [3.63, 3.8) is 0 Å². The third-order valence-corrected chi connectivity index (χ3v) is 4.48. The zero-order valence-corrected chi connectivity index (χ0v) is 11.6. The van der Waals surface area contributed by atoms with Gasteiger partial charge >= 0.3 is 5.97 Å². The molecule has 0 aromatic rings. The summed E-state index contributed by atoms with van der Waals surface area (Å²) in [6, 6.07) is 1.10. The number of hydrogen-bond donors (Lipinski definition) is 2. The molecule has 1 atom stereocenters. The monoisotopic (exact) mass is 254 g/mol. The number of rotatable bonds is 7. The second kappa shape index (κ2) is 5.57. The standard InChI is InChI=1S/C14H26N2O2/c1-14(13(17)18,15-11-7-8-11)9-10-16(2)12-5-3-4-6-12/h11-12,15H,3-10H2,1-2H3,(H,17,18). The highest BCUT2D eigenvalue weighted by Crippen LogP contribution is 2.26. The molecule has 0 bridgehead atoms. The molecule has 0 aromatic carbocycles. The molecule has 0 heterocycles. The zero-order valence-electron chi connectivity index (χ0n) is 11.6. The van der Waals surface area contributed by atoms with Crippen molar-refractivity contribution in [2.75, 3.05) is 13.6 Å². The lowest BCUT2D eigenvalue weighted by Crippen LogP contribution is -2.52. The molecule has 2 fully saturated rings. The molecule has 2 saturated carbocycles. The first-order valence-electron chi connectivity index (χ1n) is 7.22. The van der Waals surface area contributed by atoms with E-state index in [-0.39, 0.29) is 0 Å². The van der Waals surface area contributed by atoms with Crippen molar-refractivity contribution in [1.82, 2.24) is 10.2 Å². The van der Waals surface area contributed by atoms with E-state index in [9.17, 15) is 9.90 Å². The van der Waals surface area contributed by atoms with Crippen LogP contribution in [-0.4, -0.2) is 47.2 Å². The molecule has 18 heavy (non-hydrogen) atoms. The summed E-state index contributed by atoms with van der Waals surface area (Å²) < 4.78 is 0. The average molecular weight is 254 g/mol. The van der Waals surface area contributed by atoms with Crippen molar-refractivity contribution in [2.24, 2.45) is 0 Å². The molecular weight excluding hydrogens is 228 g/mol. The number of nitrogens with one attached hydrogen (secondary N) is 1. The Morgan fingerprint density at radius 2 is 1.94 bits per heavy atom. The van der Waals surface area contributed by atoms with Gasteiger partial charge in [-0.3, -0.25) is 10.1 Å². The Balaban J connectivity index is 1.82. The van der Waals surface area contributed by atoms with E-state index >= 15 is 0 Å². The molecule has 0 aliphatic heterocycles. The van der Waals surface area contributed by atoms with E-state index < -0.39 is 11.5 Å². The molecule has 2 N–H and O–H groups in total. The van der Waals surface area contributed by atoms with E-state index in [4.69, 9.17) is 0 Å². The van der Waals surface area contributed by atoms with Gasteiger partial charge in [0.1, 0.15) is 5.54 Å². The fourth-order valence-corrected chi connectivity index (χ4v) is 2.85. The molecule has 4 nitrogen and oxygen atoms in total. The number of carboxylic acids is 1. The van der Waals surface area contributed by atoms with Gasteiger partial charge in [-0.05, 0) is 46.1 Å². The average Bonchev–Trinajstić information content (AvgIpc) is 2.96. The lowest BCUT2D eigenvalue weighted by atomic mass is 9.97. The van der Waals surface area contributed by atoms with Crippen LogP contribution in [0, 0.1) is 0 Å². The Morgan fingerprint density at radius 3 is 2.44 bits per heavy atom. The largest absolute Gasteiger partial charge is 0.480 e. The second-order valence-electron chi connectivity index (χ2n) is 6.22. The molecule has 2 rings (SSSR count). The third kappa shape index (κ3) is 3.45. The first-order valence-corrected chi connectivity index (χ1v) is 7.22. The Hall–Kier alpha value is -0.610. The van der Waals surface area contributed by atoms with Crippen LogP contribution in [0.2, 0.25) is 0 Å². The zero-order chi connectivity index (χ0) is 13.2. The summed E-state index contributed by atoms with van der Waals surface area (Å²) in [7, 11) is 2.13. The number of carbonyl (C=O) groups is 1. The van der Waals surface area contributed by atoms with Gasteiger partial charge in [-0.1, -0.05) is 12.8 Å². The van der Waals surface area contributed by atoms with Crippen molar-refractivity contribution in [3.05, 3.63) is 0 Å². The fraction of sp³-hybridized carbons (Fsp3) is 0.929. The minimum absolute atomic E-state index is 0.433. The van der Waals surface area contributed by atoms with Crippen molar-refractivity contribution in [2.45, 2.75) is 69.5 Å². The van der Waals surface area contributed by atoms with Crippen LogP contribution in [0.15, 0.2) is 0 Å². The van der Waals surface area contributed by atoms with Crippen molar-refractivity contribution >= 4 is 5.97 Å². The summed E-state index contributed by atoms with van der Waals surface area (Å²) in [5.74, 6) is -0.714. The van der Waals surface area contributed by atoms with Crippen molar-refractivity contribution < 1.29 is 9.90 Å². The molecule has 0 radical (unpaired) electrons. The van der Waals surface area contributed by atoms with Crippen LogP contribution >= 0.6 is 0 Å². The summed E-state index contributed by atoms with van der Waals surface area (Å²) in [6.45, 7) is 2.70. The van der Waals surface area contributed by atoms with Crippen LogP contribution in [-0.2, 0) is 4.79 Å². The molecule has 0 spiro atoms. The number of aliphatic carboxylic acids is 1. The second-order valence-corrected chi connectivity index (χ2v) is 6.22. The van der Waals surface area contributed by atoms with E-state index in [1.54, 1.807) is 0 Å². The molecule has 2 aliphatic rings. The molecular formula is C14H26N2O2. The molecule has 0 amide bonds. The topological polar surface area (TPSA) is 52.6 Å². The van der Waals surface area contributed by atoms with Gasteiger partial charge < -0.3 is 10.0 Å². The third-order valence-electron chi connectivity index (χ3n) is 4.48. The first kappa shape index (κ1) is 13.8. The molecule has 1 unspecified atom stereocenters. The Morgan fingerprint density at radius 1 is 1.33 bits per heavy atom. The predicted molar refractivity (Wildman–Crippen MR) is 71.7 cm³/mol. The van der Waals surface area contributed by atoms with Gasteiger partial charge in [-0.15, -0.1) is 0 Å². The number of carboxylic acid groups (broad SMARTS) is 1. The quantitative estimate of drug-likeness (QED) is 0.728. The van der Waals surface area contributed by atoms with Crippen LogP contribution < -0.4 is 5.32 Å². The van der Waals surface area contributed by atoms with Crippen LogP contribution in [0.5, 0.6) is 0 Å². The summed E-state index contributed by atoms with van der Waals surface area (Å²) in [5.41, 5.74) is -0.756. The van der Waals surface area contributed by atoms with Crippen molar-refractivity contribution in [3.8, 4) is 0 Å². The Labute approximate surface area is 110 Å². The highest BCUT2D eigenvalue weighted by Gasteiger charge is 2.38. The maximum absolute atomic E-state index is 11.4. The summed E-state index contributed by atoms with van der Waals surface area (Å²) in [6.07, 6.45) is 8.14. The van der Waals surface area contributed by atoms with Gasteiger partial charge in [0.05, 0.1) is 0 Å². The normalized spacial score (nSPS) is 24.4. The van der Waals surface area contributed by atoms with Crippen LogP contribution in [0.3, 0.4) is 0 Å². The van der Waals surface area contributed by atoms with E-state index in [0.717, 1.165) is 19.4 Å². The van der Waals surface area contributed by atoms with Crippen molar-refractivity contribution in [1.29, 1.82) is 0 Å². The van der Waals surface area contributed by atoms with E-state index in [1.165, 1.54) is 25.7 Å². The van der Waals surface area contributed by atoms with E-state index in [2.05, 4.69) is 17.3 Å². The molecule has 0 saturated heterocycles. The lowest BCUT2D eigenvalue weighted by Gasteiger charge is -2.31. The lowest BCUT2D eigenvalue weighted by molar-refractivity contribution is -0.144. The van der Waals surface area contributed by atoms with Crippen LogP contribution in [0.1, 0.15) is 51.9 Å². The van der Waals surface area contributed by atoms with Gasteiger partial charge in [0.15, 0.2) is 0 Å². The molecule has 2 aliphatic carbocycles. The smallest absolute Gasteiger partial charge is 0.323 e. The SMILES string of the molecule is CN(CCC(C)(NC1CC1)C(=O)O)C1CCCC1. The maximum Gasteiger partial charge on any atom is 0.323 e. The van der Waals surface area contributed by atoms with Gasteiger partial charge in [0, 0.05) is 18.6 Å². The highest BCUT2D eigenvalue weighted by atomic mass is 16.4. The van der Waals surface area contributed by atoms with Gasteiger partial charge in [-0.25, -0.2) is 0 Å². The van der Waals surface area contributed by atoms with Crippen LogP contribution in [0.25, 0.3) is 0 Å². The number of hydrogen-bond acceptors (Lipinski definition) is 3.